The van der Waals surface area contributed by atoms with Crippen molar-refractivity contribution in [1.82, 2.24) is 0 Å². The van der Waals surface area contributed by atoms with Crippen LogP contribution in [0.2, 0.25) is 0 Å². The predicted octanol–water partition coefficient (Wildman–Crippen LogP) is 3.35. The molecule has 0 fully saturated rings. The summed E-state index contributed by atoms with van der Waals surface area (Å²) in [6, 6.07) is 9.34. The average molecular weight is 301 g/mol. The molecule has 21 heavy (non-hydrogen) atoms. The highest BCUT2D eigenvalue weighted by Crippen LogP contribution is 2.30. The zero-order valence-corrected chi connectivity index (χ0v) is 12.4. The normalized spacial score (nSPS) is 14.1. The summed E-state index contributed by atoms with van der Waals surface area (Å²) in [6.45, 7) is 3.25. The van der Waals surface area contributed by atoms with Crippen LogP contribution in [-0.2, 0) is 6.54 Å². The highest BCUT2D eigenvalue weighted by molar-refractivity contribution is 7.14. The molecule has 5 heteroatoms. The number of nitrogens with zero attached hydrogens (tertiary/aromatic N) is 1. The summed E-state index contributed by atoms with van der Waals surface area (Å²) in [7, 11) is 0. The second kappa shape index (κ2) is 5.33. The lowest BCUT2D eigenvalue weighted by Crippen LogP contribution is -2.31. The summed E-state index contributed by atoms with van der Waals surface area (Å²) in [5.74, 6) is -0.710. The van der Waals surface area contributed by atoms with Crippen molar-refractivity contribution in [3.63, 3.8) is 0 Å². The molecule has 0 atom stereocenters. The van der Waals surface area contributed by atoms with Gasteiger partial charge < -0.3 is 10.0 Å². The first-order valence-corrected chi connectivity index (χ1v) is 7.57. The quantitative estimate of drug-likeness (QED) is 0.944. The third-order valence-electron chi connectivity index (χ3n) is 3.75. The van der Waals surface area contributed by atoms with E-state index in [1.165, 1.54) is 11.3 Å². The number of hydrogen-bond donors (Lipinski definition) is 1. The zero-order valence-electron chi connectivity index (χ0n) is 11.6. The number of Topliss-reactive ketones (excluding diaryl/α,β-unsaturated/α-hetero) is 1. The topological polar surface area (TPSA) is 57.6 Å². The molecule has 2 heterocycles. The van der Waals surface area contributed by atoms with Crippen LogP contribution < -0.4 is 4.90 Å². The van der Waals surface area contributed by atoms with Crippen molar-refractivity contribution in [3.8, 4) is 0 Å². The van der Waals surface area contributed by atoms with E-state index in [-0.39, 0.29) is 5.78 Å². The number of carbonyl (C=O) groups is 2. The van der Waals surface area contributed by atoms with Crippen LogP contribution in [0.4, 0.5) is 5.69 Å². The lowest BCUT2D eigenvalue weighted by molar-refractivity contribution is 0.0702. The molecule has 0 bridgehead atoms. The number of rotatable bonds is 3. The number of aromatic carboxylic acids is 1. The standard InChI is InChI=1S/C16H15NO3S/c1-10-11(8-15(21-10)16(19)20)9-17-7-6-14(18)12-4-2-3-5-13(12)17/h2-5,8H,6-7,9H2,1H3,(H,19,20). The Hall–Kier alpha value is -2.14. The van der Waals surface area contributed by atoms with E-state index < -0.39 is 5.97 Å². The van der Waals surface area contributed by atoms with Crippen LogP contribution in [0.25, 0.3) is 0 Å². The Morgan fingerprint density at radius 1 is 1.38 bits per heavy atom. The fraction of sp³-hybridized carbons (Fsp3) is 0.250. The SMILES string of the molecule is Cc1sc(C(=O)O)cc1CN1CCC(=O)c2ccccc21. The van der Waals surface area contributed by atoms with E-state index in [1.54, 1.807) is 6.07 Å². The number of carboxylic acids is 1. The van der Waals surface area contributed by atoms with E-state index in [0.29, 0.717) is 24.4 Å². The van der Waals surface area contributed by atoms with Crippen molar-refractivity contribution in [2.45, 2.75) is 19.9 Å². The van der Waals surface area contributed by atoms with Gasteiger partial charge in [-0.05, 0) is 30.7 Å². The molecule has 0 radical (unpaired) electrons. The lowest BCUT2D eigenvalue weighted by Gasteiger charge is -2.30. The Kier molecular flexibility index (Phi) is 3.51. The van der Waals surface area contributed by atoms with Crippen molar-refractivity contribution in [3.05, 3.63) is 51.2 Å². The van der Waals surface area contributed by atoms with Gasteiger partial charge in [0.05, 0.1) is 0 Å². The molecule has 1 aliphatic rings. The number of hydrogen-bond acceptors (Lipinski definition) is 4. The van der Waals surface area contributed by atoms with E-state index in [9.17, 15) is 9.59 Å². The number of para-hydroxylation sites is 1. The van der Waals surface area contributed by atoms with Gasteiger partial charge in [0.25, 0.3) is 0 Å². The van der Waals surface area contributed by atoms with Crippen molar-refractivity contribution in [2.24, 2.45) is 0 Å². The summed E-state index contributed by atoms with van der Waals surface area (Å²) < 4.78 is 0. The molecule has 0 amide bonds. The number of carbonyl (C=O) groups excluding carboxylic acids is 1. The Labute approximate surface area is 126 Å². The number of fused-ring (bicyclic) bond motifs is 1. The van der Waals surface area contributed by atoms with E-state index in [4.69, 9.17) is 5.11 Å². The Bertz CT molecular complexity index is 720. The molecule has 0 saturated carbocycles. The van der Waals surface area contributed by atoms with Crippen LogP contribution in [0.5, 0.6) is 0 Å². The molecular formula is C16H15NO3S. The molecule has 1 aromatic heterocycles. The number of benzene rings is 1. The van der Waals surface area contributed by atoms with Crippen molar-refractivity contribution in [2.75, 3.05) is 11.4 Å². The van der Waals surface area contributed by atoms with Gasteiger partial charge in [0.2, 0.25) is 0 Å². The number of ketones is 1. The van der Waals surface area contributed by atoms with E-state index in [0.717, 1.165) is 21.7 Å². The highest BCUT2D eigenvalue weighted by Gasteiger charge is 2.23. The van der Waals surface area contributed by atoms with E-state index >= 15 is 0 Å². The van der Waals surface area contributed by atoms with Crippen molar-refractivity contribution in [1.29, 1.82) is 0 Å². The van der Waals surface area contributed by atoms with Gasteiger partial charge in [0.15, 0.2) is 5.78 Å². The molecule has 0 saturated heterocycles. The molecule has 0 spiro atoms. The highest BCUT2D eigenvalue weighted by atomic mass is 32.1. The number of anilines is 1. The molecule has 0 aliphatic carbocycles. The van der Waals surface area contributed by atoms with Gasteiger partial charge in [-0.3, -0.25) is 4.79 Å². The average Bonchev–Trinajstić information content (AvgIpc) is 2.84. The second-order valence-electron chi connectivity index (χ2n) is 5.11. The van der Waals surface area contributed by atoms with Crippen LogP contribution in [0, 0.1) is 6.92 Å². The van der Waals surface area contributed by atoms with Crippen molar-refractivity contribution >= 4 is 28.8 Å². The molecule has 1 N–H and O–H groups in total. The van der Waals surface area contributed by atoms with Crippen LogP contribution >= 0.6 is 11.3 Å². The molecule has 3 rings (SSSR count). The third kappa shape index (κ3) is 2.56. The maximum Gasteiger partial charge on any atom is 0.345 e. The molecule has 108 valence electrons. The molecule has 2 aromatic rings. The van der Waals surface area contributed by atoms with Gasteiger partial charge in [0.1, 0.15) is 4.88 Å². The van der Waals surface area contributed by atoms with Gasteiger partial charge in [0, 0.05) is 35.6 Å². The predicted molar refractivity (Wildman–Crippen MR) is 82.5 cm³/mol. The van der Waals surface area contributed by atoms with Crippen molar-refractivity contribution < 1.29 is 14.7 Å². The fourth-order valence-corrected chi connectivity index (χ4v) is 3.50. The summed E-state index contributed by atoms with van der Waals surface area (Å²) in [5, 5.41) is 9.07. The minimum absolute atomic E-state index is 0.176. The Morgan fingerprint density at radius 3 is 2.86 bits per heavy atom. The largest absolute Gasteiger partial charge is 0.477 e. The van der Waals surface area contributed by atoms with Gasteiger partial charge in [-0.2, -0.15) is 0 Å². The fourth-order valence-electron chi connectivity index (χ4n) is 2.63. The van der Waals surface area contributed by atoms with Gasteiger partial charge in [-0.25, -0.2) is 4.79 Å². The van der Waals surface area contributed by atoms with Gasteiger partial charge >= 0.3 is 5.97 Å². The summed E-state index contributed by atoms with van der Waals surface area (Å²) in [5.41, 5.74) is 2.72. The van der Waals surface area contributed by atoms with E-state index in [2.05, 4.69) is 4.90 Å². The molecule has 0 unspecified atom stereocenters. The van der Waals surface area contributed by atoms with Crippen LogP contribution in [0.1, 0.15) is 36.9 Å². The first kappa shape index (κ1) is 13.8. The van der Waals surface area contributed by atoms with Crippen LogP contribution in [0.15, 0.2) is 30.3 Å². The minimum atomic E-state index is -0.886. The maximum atomic E-state index is 11.9. The lowest BCUT2D eigenvalue weighted by atomic mass is 10.00. The molecule has 1 aromatic carbocycles. The maximum absolute atomic E-state index is 11.9. The first-order chi connectivity index (χ1) is 10.1. The van der Waals surface area contributed by atoms with Gasteiger partial charge in [-0.15, -0.1) is 11.3 Å². The number of carboxylic acid groups (broad SMARTS) is 1. The third-order valence-corrected chi connectivity index (χ3v) is 4.83. The van der Waals surface area contributed by atoms with E-state index in [1.807, 2.05) is 31.2 Å². The van der Waals surface area contributed by atoms with Crippen LogP contribution in [0.3, 0.4) is 0 Å². The number of aryl methyl sites for hydroxylation is 1. The Morgan fingerprint density at radius 2 is 2.14 bits per heavy atom. The summed E-state index contributed by atoms with van der Waals surface area (Å²) in [4.78, 5) is 26.5. The molecular weight excluding hydrogens is 286 g/mol. The molecule has 1 aliphatic heterocycles. The zero-order chi connectivity index (χ0) is 15.0. The molecule has 4 nitrogen and oxygen atoms in total. The monoisotopic (exact) mass is 301 g/mol. The second-order valence-corrected chi connectivity index (χ2v) is 6.37. The Balaban J connectivity index is 1.91. The van der Waals surface area contributed by atoms with Gasteiger partial charge in [-0.1, -0.05) is 12.1 Å². The smallest absolute Gasteiger partial charge is 0.345 e. The summed E-state index contributed by atoms with van der Waals surface area (Å²) >= 11 is 1.30. The summed E-state index contributed by atoms with van der Waals surface area (Å²) in [6.07, 6.45) is 0.506. The van der Waals surface area contributed by atoms with Crippen LogP contribution in [-0.4, -0.2) is 23.4 Å². The minimum Gasteiger partial charge on any atom is -0.477 e. The number of thiophene rings is 1. The first-order valence-electron chi connectivity index (χ1n) is 6.76.